The molecule has 1 amide bonds. The van der Waals surface area contributed by atoms with Crippen molar-refractivity contribution in [2.24, 2.45) is 11.8 Å². The van der Waals surface area contributed by atoms with E-state index in [1.807, 2.05) is 0 Å². The first-order valence-electron chi connectivity index (χ1n) is 7.81. The van der Waals surface area contributed by atoms with Gasteiger partial charge in [0.2, 0.25) is 5.91 Å². The zero-order chi connectivity index (χ0) is 13.8. The van der Waals surface area contributed by atoms with E-state index in [4.69, 9.17) is 0 Å². The number of carbonyl (C=O) groups excluding carboxylic acids is 1. The Balaban J connectivity index is 0.00000200. The fraction of sp³-hybridized carbons (Fsp3) is 0.933. The van der Waals surface area contributed by atoms with Gasteiger partial charge in [0.15, 0.2) is 0 Å². The van der Waals surface area contributed by atoms with Gasteiger partial charge in [0.1, 0.15) is 0 Å². The van der Waals surface area contributed by atoms with Crippen LogP contribution in [0.15, 0.2) is 0 Å². The molecule has 1 aliphatic carbocycles. The summed E-state index contributed by atoms with van der Waals surface area (Å²) in [7, 11) is 0. The molecular formula is C15H30ClN3O. The van der Waals surface area contributed by atoms with Crippen molar-refractivity contribution in [2.45, 2.75) is 52.1 Å². The van der Waals surface area contributed by atoms with Crippen LogP contribution in [0.4, 0.5) is 0 Å². The first-order chi connectivity index (χ1) is 9.06. The topological polar surface area (TPSA) is 44.4 Å². The molecule has 118 valence electrons. The largest absolute Gasteiger partial charge is 0.352 e. The molecule has 0 spiro atoms. The molecule has 0 bridgehead atoms. The summed E-state index contributed by atoms with van der Waals surface area (Å²) in [4.78, 5) is 14.4. The minimum atomic E-state index is 0. The van der Waals surface area contributed by atoms with Gasteiger partial charge < -0.3 is 10.6 Å². The Morgan fingerprint density at radius 1 is 1.30 bits per heavy atom. The monoisotopic (exact) mass is 303 g/mol. The van der Waals surface area contributed by atoms with E-state index >= 15 is 0 Å². The van der Waals surface area contributed by atoms with Gasteiger partial charge in [-0.05, 0) is 25.2 Å². The van der Waals surface area contributed by atoms with E-state index in [1.54, 1.807) is 0 Å². The molecule has 0 radical (unpaired) electrons. The average molecular weight is 304 g/mol. The van der Waals surface area contributed by atoms with Crippen LogP contribution in [-0.4, -0.2) is 49.1 Å². The Morgan fingerprint density at radius 3 is 2.75 bits per heavy atom. The summed E-state index contributed by atoms with van der Waals surface area (Å²) in [5, 5.41) is 6.67. The van der Waals surface area contributed by atoms with Crippen molar-refractivity contribution in [1.82, 2.24) is 15.5 Å². The second-order valence-electron chi connectivity index (χ2n) is 6.53. The number of hydrogen-bond donors (Lipinski definition) is 2. The number of halogens is 1. The van der Waals surface area contributed by atoms with E-state index in [0.717, 1.165) is 32.0 Å². The van der Waals surface area contributed by atoms with Crippen LogP contribution in [-0.2, 0) is 4.79 Å². The number of hydrogen-bond acceptors (Lipinski definition) is 3. The van der Waals surface area contributed by atoms with Gasteiger partial charge in [-0.1, -0.05) is 26.7 Å². The first-order valence-corrected chi connectivity index (χ1v) is 7.81. The molecule has 2 fully saturated rings. The van der Waals surface area contributed by atoms with Gasteiger partial charge in [-0.15, -0.1) is 12.4 Å². The number of carbonyl (C=O) groups is 1. The third-order valence-corrected chi connectivity index (χ3v) is 4.87. The zero-order valence-electron chi connectivity index (χ0n) is 13.0. The summed E-state index contributed by atoms with van der Waals surface area (Å²) in [6.45, 7) is 10.3. The molecule has 1 saturated carbocycles. The van der Waals surface area contributed by atoms with E-state index in [9.17, 15) is 4.79 Å². The second-order valence-corrected chi connectivity index (χ2v) is 6.53. The molecule has 0 aromatic heterocycles. The van der Waals surface area contributed by atoms with E-state index in [-0.39, 0.29) is 18.3 Å². The zero-order valence-corrected chi connectivity index (χ0v) is 13.8. The maximum absolute atomic E-state index is 12.2. The Kier molecular flexibility index (Phi) is 7.27. The lowest BCUT2D eigenvalue weighted by atomic mass is 9.78. The molecule has 1 saturated heterocycles. The van der Waals surface area contributed by atoms with Crippen molar-refractivity contribution in [1.29, 1.82) is 0 Å². The molecule has 2 N–H and O–H groups in total. The van der Waals surface area contributed by atoms with Crippen LogP contribution >= 0.6 is 12.4 Å². The molecule has 2 aliphatic rings. The highest BCUT2D eigenvalue weighted by atomic mass is 35.5. The van der Waals surface area contributed by atoms with Crippen molar-refractivity contribution >= 4 is 18.3 Å². The summed E-state index contributed by atoms with van der Waals surface area (Å²) in [6, 6.07) is 0.881. The molecule has 5 heteroatoms. The van der Waals surface area contributed by atoms with Crippen LogP contribution in [0.3, 0.4) is 0 Å². The first kappa shape index (κ1) is 17.7. The summed E-state index contributed by atoms with van der Waals surface area (Å²) in [5.74, 6) is 1.55. The number of nitrogens with one attached hydrogen (secondary N) is 2. The van der Waals surface area contributed by atoms with Crippen molar-refractivity contribution in [3.8, 4) is 0 Å². The number of rotatable bonds is 3. The highest BCUT2D eigenvalue weighted by Gasteiger charge is 2.28. The molecule has 1 heterocycles. The molecule has 4 nitrogen and oxygen atoms in total. The number of nitrogens with zero attached hydrogens (tertiary/aromatic N) is 1. The average Bonchev–Trinajstić information content (AvgIpc) is 2.35. The third kappa shape index (κ3) is 4.90. The van der Waals surface area contributed by atoms with Crippen LogP contribution in [0.2, 0.25) is 0 Å². The summed E-state index contributed by atoms with van der Waals surface area (Å²) < 4.78 is 0. The Bertz CT molecular complexity index is 313. The van der Waals surface area contributed by atoms with E-state index in [2.05, 4.69) is 36.3 Å². The number of piperazine rings is 1. The molecular weight excluding hydrogens is 274 g/mol. The maximum atomic E-state index is 12.2. The van der Waals surface area contributed by atoms with Gasteiger partial charge in [-0.2, -0.15) is 0 Å². The van der Waals surface area contributed by atoms with Crippen molar-refractivity contribution in [2.75, 3.05) is 26.2 Å². The van der Waals surface area contributed by atoms with E-state index in [0.29, 0.717) is 24.5 Å². The van der Waals surface area contributed by atoms with Crippen LogP contribution in [0.25, 0.3) is 0 Å². The Morgan fingerprint density at radius 2 is 2.05 bits per heavy atom. The van der Waals surface area contributed by atoms with Crippen LogP contribution in [0.5, 0.6) is 0 Å². The van der Waals surface area contributed by atoms with Crippen molar-refractivity contribution in [3.63, 3.8) is 0 Å². The van der Waals surface area contributed by atoms with Crippen LogP contribution < -0.4 is 10.6 Å². The molecule has 0 aromatic rings. The summed E-state index contributed by atoms with van der Waals surface area (Å²) >= 11 is 0. The van der Waals surface area contributed by atoms with Gasteiger partial charge >= 0.3 is 0 Å². The fourth-order valence-electron chi connectivity index (χ4n) is 3.40. The van der Waals surface area contributed by atoms with Crippen molar-refractivity contribution < 1.29 is 4.79 Å². The Labute approximate surface area is 129 Å². The lowest BCUT2D eigenvalue weighted by Crippen LogP contribution is -2.53. The van der Waals surface area contributed by atoms with E-state index in [1.165, 1.54) is 12.8 Å². The fourth-order valence-corrected chi connectivity index (χ4v) is 3.40. The molecule has 4 atom stereocenters. The highest BCUT2D eigenvalue weighted by Crippen LogP contribution is 2.29. The van der Waals surface area contributed by atoms with Gasteiger partial charge in [0.25, 0.3) is 0 Å². The Hall–Kier alpha value is -0.320. The molecule has 0 aromatic carbocycles. The lowest BCUT2D eigenvalue weighted by Gasteiger charge is -2.36. The lowest BCUT2D eigenvalue weighted by molar-refractivity contribution is -0.123. The second kappa shape index (κ2) is 8.20. The van der Waals surface area contributed by atoms with Crippen molar-refractivity contribution in [3.05, 3.63) is 0 Å². The quantitative estimate of drug-likeness (QED) is 0.833. The molecule has 1 aliphatic heterocycles. The van der Waals surface area contributed by atoms with Crippen LogP contribution in [0.1, 0.15) is 40.0 Å². The highest BCUT2D eigenvalue weighted by molar-refractivity contribution is 5.85. The smallest absolute Gasteiger partial charge is 0.234 e. The predicted octanol–water partition coefficient (Wildman–Crippen LogP) is 1.64. The van der Waals surface area contributed by atoms with Gasteiger partial charge in [0.05, 0.1) is 6.54 Å². The van der Waals surface area contributed by atoms with Gasteiger partial charge in [-0.25, -0.2) is 0 Å². The predicted molar refractivity (Wildman–Crippen MR) is 85.3 cm³/mol. The standard InChI is InChI=1S/C15H29N3O.ClH/c1-11-5-4-6-14(13(11)3)17-15(19)10-18-8-7-16-12(2)9-18;/h11-14,16H,4-10H2,1-3H3,(H,17,19);1H. The maximum Gasteiger partial charge on any atom is 0.234 e. The van der Waals surface area contributed by atoms with Gasteiger partial charge in [-0.3, -0.25) is 9.69 Å². The third-order valence-electron chi connectivity index (χ3n) is 4.87. The minimum absolute atomic E-state index is 0. The molecule has 20 heavy (non-hydrogen) atoms. The summed E-state index contributed by atoms with van der Waals surface area (Å²) in [6.07, 6.45) is 3.71. The van der Waals surface area contributed by atoms with Gasteiger partial charge in [0, 0.05) is 31.7 Å². The minimum Gasteiger partial charge on any atom is -0.352 e. The van der Waals surface area contributed by atoms with E-state index < -0.39 is 0 Å². The molecule has 2 rings (SSSR count). The normalized spacial score (nSPS) is 35.1. The molecule has 4 unspecified atom stereocenters. The number of amides is 1. The summed E-state index contributed by atoms with van der Waals surface area (Å²) in [5.41, 5.74) is 0. The van der Waals surface area contributed by atoms with Crippen LogP contribution in [0, 0.1) is 11.8 Å². The SMILES string of the molecule is CC1CN(CC(=O)NC2CCCC(C)C2C)CCN1.Cl.